The Labute approximate surface area is 157 Å². The van der Waals surface area contributed by atoms with Crippen LogP contribution < -0.4 is 5.32 Å². The third-order valence-electron chi connectivity index (χ3n) is 5.19. The molecule has 26 heavy (non-hydrogen) atoms. The number of piperazine rings is 1. The molecule has 0 aromatic carbocycles. The van der Waals surface area contributed by atoms with Crippen molar-refractivity contribution in [3.05, 3.63) is 0 Å². The second kappa shape index (κ2) is 9.03. The molecule has 8 nitrogen and oxygen atoms in total. The Hall–Kier alpha value is -1.35. The lowest BCUT2D eigenvalue weighted by atomic mass is 9.98. The van der Waals surface area contributed by atoms with E-state index < -0.39 is 10.0 Å². The molecular formula is C17H33N5O3S. The van der Waals surface area contributed by atoms with Gasteiger partial charge in [0.1, 0.15) is 0 Å². The minimum atomic E-state index is -3.07. The molecular weight excluding hydrogens is 354 g/mol. The number of carbonyl (C=O) groups excluding carboxylic acids is 1. The molecule has 0 saturated carbocycles. The number of amides is 1. The third-order valence-corrected chi connectivity index (χ3v) is 6.49. The molecule has 0 aromatic rings. The van der Waals surface area contributed by atoms with E-state index in [-0.39, 0.29) is 11.8 Å². The van der Waals surface area contributed by atoms with Crippen molar-refractivity contribution in [2.45, 2.75) is 26.7 Å². The molecule has 1 N–H and O–H groups in total. The van der Waals surface area contributed by atoms with Crippen LogP contribution in [0.3, 0.4) is 0 Å². The van der Waals surface area contributed by atoms with Crippen molar-refractivity contribution < 1.29 is 13.2 Å². The van der Waals surface area contributed by atoms with Crippen LogP contribution >= 0.6 is 0 Å². The van der Waals surface area contributed by atoms with Crippen LogP contribution in [0.15, 0.2) is 4.99 Å². The Morgan fingerprint density at radius 2 is 1.62 bits per heavy atom. The zero-order chi connectivity index (χ0) is 19.3. The molecule has 2 heterocycles. The fourth-order valence-electron chi connectivity index (χ4n) is 3.52. The number of aliphatic imine (C=N–C) groups is 1. The molecule has 2 fully saturated rings. The smallest absolute Gasteiger partial charge is 0.225 e. The first-order valence-corrected chi connectivity index (χ1v) is 11.3. The summed E-state index contributed by atoms with van der Waals surface area (Å²) in [4.78, 5) is 20.6. The predicted octanol–water partition coefficient (Wildman–Crippen LogP) is 0.0336. The molecule has 150 valence electrons. The van der Waals surface area contributed by atoms with Gasteiger partial charge in [-0.3, -0.25) is 9.79 Å². The maximum absolute atomic E-state index is 12.1. The first kappa shape index (κ1) is 21.0. The Kier molecular flexibility index (Phi) is 7.28. The summed E-state index contributed by atoms with van der Waals surface area (Å²) in [6, 6.07) is 0. The summed E-state index contributed by atoms with van der Waals surface area (Å²) < 4.78 is 24.7. The predicted molar refractivity (Wildman–Crippen MR) is 103 cm³/mol. The van der Waals surface area contributed by atoms with Crippen LogP contribution in [0.5, 0.6) is 0 Å². The summed E-state index contributed by atoms with van der Waals surface area (Å²) >= 11 is 0. The Morgan fingerprint density at radius 3 is 2.08 bits per heavy atom. The van der Waals surface area contributed by atoms with E-state index in [1.807, 2.05) is 18.7 Å². The van der Waals surface area contributed by atoms with Gasteiger partial charge >= 0.3 is 0 Å². The first-order valence-electron chi connectivity index (χ1n) is 9.42. The minimum Gasteiger partial charge on any atom is -0.356 e. The van der Waals surface area contributed by atoms with Gasteiger partial charge in [0, 0.05) is 58.8 Å². The summed E-state index contributed by atoms with van der Waals surface area (Å²) in [6.45, 7) is 8.88. The number of carbonyl (C=O) groups is 1. The molecule has 0 atom stereocenters. The molecule has 2 rings (SSSR count). The summed E-state index contributed by atoms with van der Waals surface area (Å²) in [5.41, 5.74) is 0. The molecule has 0 aromatic heterocycles. The molecule has 2 saturated heterocycles. The molecule has 2 aliphatic rings. The number of guanidine groups is 1. The fourth-order valence-corrected chi connectivity index (χ4v) is 4.39. The summed E-state index contributed by atoms with van der Waals surface area (Å²) in [6.07, 6.45) is 3.01. The first-order chi connectivity index (χ1) is 12.2. The van der Waals surface area contributed by atoms with E-state index in [9.17, 15) is 13.2 Å². The molecule has 2 aliphatic heterocycles. The average molecular weight is 388 g/mol. The molecule has 0 unspecified atom stereocenters. The number of nitrogens with one attached hydrogen (secondary N) is 1. The van der Waals surface area contributed by atoms with E-state index >= 15 is 0 Å². The minimum absolute atomic E-state index is 0.0387. The number of hydrogen-bond donors (Lipinski definition) is 1. The topological polar surface area (TPSA) is 85.3 Å². The third kappa shape index (κ3) is 5.57. The second-order valence-electron chi connectivity index (χ2n) is 7.50. The van der Waals surface area contributed by atoms with Gasteiger partial charge in [-0.1, -0.05) is 13.8 Å². The van der Waals surface area contributed by atoms with Gasteiger partial charge in [-0.25, -0.2) is 12.7 Å². The van der Waals surface area contributed by atoms with Gasteiger partial charge in [0.25, 0.3) is 0 Å². The highest BCUT2D eigenvalue weighted by molar-refractivity contribution is 7.88. The maximum Gasteiger partial charge on any atom is 0.225 e. The Morgan fingerprint density at radius 1 is 1.08 bits per heavy atom. The normalized spacial score (nSPS) is 21.3. The number of piperidine rings is 1. The SMILES string of the molecule is CN=C(NCC1CCN(S(C)(=O)=O)CC1)N1CCN(C(=O)C(C)C)CC1. The number of sulfonamides is 1. The van der Waals surface area contributed by atoms with Gasteiger partial charge in [0.2, 0.25) is 15.9 Å². The number of rotatable bonds is 4. The van der Waals surface area contributed by atoms with E-state index in [1.54, 1.807) is 11.4 Å². The zero-order valence-electron chi connectivity index (χ0n) is 16.4. The van der Waals surface area contributed by atoms with Crippen LogP contribution in [0.2, 0.25) is 0 Å². The van der Waals surface area contributed by atoms with Crippen molar-refractivity contribution in [3.8, 4) is 0 Å². The lowest BCUT2D eigenvalue weighted by Gasteiger charge is -2.38. The Bertz CT molecular complexity index is 604. The molecule has 0 aliphatic carbocycles. The van der Waals surface area contributed by atoms with E-state index in [0.29, 0.717) is 19.0 Å². The summed E-state index contributed by atoms with van der Waals surface area (Å²) in [5.74, 6) is 1.57. The quantitative estimate of drug-likeness (QED) is 0.544. The maximum atomic E-state index is 12.1. The van der Waals surface area contributed by atoms with Gasteiger partial charge < -0.3 is 15.1 Å². The Balaban J connectivity index is 1.76. The van der Waals surface area contributed by atoms with Crippen molar-refractivity contribution in [2.24, 2.45) is 16.8 Å². The molecule has 0 radical (unpaired) electrons. The van der Waals surface area contributed by atoms with E-state index in [2.05, 4.69) is 15.2 Å². The van der Waals surface area contributed by atoms with Crippen molar-refractivity contribution in [3.63, 3.8) is 0 Å². The molecule has 0 spiro atoms. The second-order valence-corrected chi connectivity index (χ2v) is 9.48. The van der Waals surface area contributed by atoms with Gasteiger partial charge in [-0.2, -0.15) is 0 Å². The van der Waals surface area contributed by atoms with Crippen LogP contribution in [0.1, 0.15) is 26.7 Å². The van der Waals surface area contributed by atoms with Crippen LogP contribution in [-0.2, 0) is 14.8 Å². The highest BCUT2D eigenvalue weighted by atomic mass is 32.2. The summed E-state index contributed by atoms with van der Waals surface area (Å²) in [5, 5.41) is 3.43. The lowest BCUT2D eigenvalue weighted by molar-refractivity contribution is -0.135. The van der Waals surface area contributed by atoms with Crippen LogP contribution in [0.4, 0.5) is 0 Å². The standard InChI is InChI=1S/C17H33N5O3S/c1-14(2)16(23)20-9-11-21(12-10-20)17(18-3)19-13-15-5-7-22(8-6-15)26(4,24)25/h14-15H,5-13H2,1-4H3,(H,18,19). The van der Waals surface area contributed by atoms with E-state index in [4.69, 9.17) is 0 Å². The fraction of sp³-hybridized carbons (Fsp3) is 0.882. The van der Waals surface area contributed by atoms with Gasteiger partial charge in [0.05, 0.1) is 6.26 Å². The number of hydrogen-bond acceptors (Lipinski definition) is 4. The van der Waals surface area contributed by atoms with E-state index in [0.717, 1.165) is 51.5 Å². The van der Waals surface area contributed by atoms with Crippen molar-refractivity contribution in [1.29, 1.82) is 0 Å². The average Bonchev–Trinajstić information content (AvgIpc) is 2.61. The van der Waals surface area contributed by atoms with E-state index in [1.165, 1.54) is 6.26 Å². The summed E-state index contributed by atoms with van der Waals surface area (Å²) in [7, 11) is -1.29. The molecule has 0 bridgehead atoms. The van der Waals surface area contributed by atoms with Crippen LogP contribution in [-0.4, -0.2) is 93.5 Å². The zero-order valence-corrected chi connectivity index (χ0v) is 17.3. The van der Waals surface area contributed by atoms with Gasteiger partial charge in [-0.05, 0) is 18.8 Å². The van der Waals surface area contributed by atoms with Gasteiger partial charge in [0.15, 0.2) is 5.96 Å². The highest BCUT2D eigenvalue weighted by Crippen LogP contribution is 2.18. The highest BCUT2D eigenvalue weighted by Gasteiger charge is 2.27. The lowest BCUT2D eigenvalue weighted by Crippen LogP contribution is -2.55. The van der Waals surface area contributed by atoms with Gasteiger partial charge in [-0.15, -0.1) is 0 Å². The largest absolute Gasteiger partial charge is 0.356 e. The van der Waals surface area contributed by atoms with Crippen molar-refractivity contribution in [1.82, 2.24) is 19.4 Å². The number of nitrogens with zero attached hydrogens (tertiary/aromatic N) is 4. The molecule has 1 amide bonds. The van der Waals surface area contributed by atoms with Crippen molar-refractivity contribution >= 4 is 21.9 Å². The molecule has 9 heteroatoms. The van der Waals surface area contributed by atoms with Crippen molar-refractivity contribution in [2.75, 3.05) is 59.1 Å². The van der Waals surface area contributed by atoms with Crippen LogP contribution in [0, 0.1) is 11.8 Å². The van der Waals surface area contributed by atoms with Crippen LogP contribution in [0.25, 0.3) is 0 Å². The monoisotopic (exact) mass is 387 g/mol.